The smallest absolute Gasteiger partial charge is 0.309 e. The van der Waals surface area contributed by atoms with Gasteiger partial charge in [-0.05, 0) is 0 Å². The van der Waals surface area contributed by atoms with Crippen LogP contribution in [0.4, 0.5) is 5.69 Å². The van der Waals surface area contributed by atoms with Crippen molar-refractivity contribution in [1.29, 1.82) is 0 Å². The third-order valence-corrected chi connectivity index (χ3v) is 2.56. The van der Waals surface area contributed by atoms with Crippen molar-refractivity contribution < 1.29 is 14.7 Å². The summed E-state index contributed by atoms with van der Waals surface area (Å²) in [5.41, 5.74) is -0.0922. The van der Waals surface area contributed by atoms with Gasteiger partial charge in [0.15, 0.2) is 0 Å². The van der Waals surface area contributed by atoms with Crippen LogP contribution in [0.2, 0.25) is 0 Å². The molecular weight excluding hydrogens is 262 g/mol. The summed E-state index contributed by atoms with van der Waals surface area (Å²) in [5, 5.41) is 11.0. The first-order valence-corrected chi connectivity index (χ1v) is 5.72. The summed E-state index contributed by atoms with van der Waals surface area (Å²) >= 11 is 0. The Kier molecular flexibility index (Phi) is 3.90. The minimum absolute atomic E-state index is 0.00667. The van der Waals surface area contributed by atoms with Crippen LogP contribution in [-0.2, 0) is 16.0 Å². The van der Waals surface area contributed by atoms with Crippen molar-refractivity contribution in [2.45, 2.75) is 6.42 Å². The molecule has 7 heteroatoms. The Morgan fingerprint density at radius 1 is 1.35 bits per heavy atom. The second-order valence-electron chi connectivity index (χ2n) is 3.93. The Morgan fingerprint density at radius 2 is 2.05 bits per heavy atom. The third-order valence-electron chi connectivity index (χ3n) is 2.56. The zero-order chi connectivity index (χ0) is 14.5. The number of amides is 1. The minimum atomic E-state index is -1.14. The van der Waals surface area contributed by atoms with Gasteiger partial charge in [-0.25, -0.2) is 4.98 Å². The number of aromatic amines is 1. The van der Waals surface area contributed by atoms with Crippen LogP contribution in [0.3, 0.4) is 0 Å². The second kappa shape index (κ2) is 5.79. The molecule has 0 aliphatic carbocycles. The first-order chi connectivity index (χ1) is 9.61. The topological polar surface area (TPSA) is 112 Å². The van der Waals surface area contributed by atoms with Gasteiger partial charge in [0.25, 0.3) is 5.56 Å². The van der Waals surface area contributed by atoms with Crippen molar-refractivity contribution in [3.8, 4) is 11.4 Å². The van der Waals surface area contributed by atoms with Gasteiger partial charge >= 0.3 is 5.97 Å². The maximum atomic E-state index is 11.9. The SMILES string of the molecule is O=CNc1c(CC(=O)O)nc(-c2ccccc2)[nH]c1=O. The Balaban J connectivity index is 2.57. The van der Waals surface area contributed by atoms with Gasteiger partial charge in [-0.15, -0.1) is 0 Å². The highest BCUT2D eigenvalue weighted by Crippen LogP contribution is 2.16. The van der Waals surface area contributed by atoms with Crippen LogP contribution < -0.4 is 10.9 Å². The van der Waals surface area contributed by atoms with Crippen molar-refractivity contribution in [2.24, 2.45) is 0 Å². The second-order valence-corrected chi connectivity index (χ2v) is 3.93. The number of aliphatic carboxylic acids is 1. The predicted octanol–water partition coefficient (Wildman–Crippen LogP) is 0.632. The monoisotopic (exact) mass is 273 g/mol. The summed E-state index contributed by atoms with van der Waals surface area (Å²) in [6.45, 7) is 0. The van der Waals surface area contributed by atoms with Crippen molar-refractivity contribution >= 4 is 18.1 Å². The van der Waals surface area contributed by atoms with Crippen molar-refractivity contribution in [3.05, 3.63) is 46.4 Å². The van der Waals surface area contributed by atoms with Gasteiger partial charge in [0, 0.05) is 5.56 Å². The zero-order valence-electron chi connectivity index (χ0n) is 10.3. The number of benzene rings is 1. The molecule has 0 atom stereocenters. The number of nitrogens with one attached hydrogen (secondary N) is 2. The number of hydrogen-bond acceptors (Lipinski definition) is 4. The van der Waals surface area contributed by atoms with E-state index in [0.29, 0.717) is 12.0 Å². The van der Waals surface area contributed by atoms with E-state index in [1.807, 2.05) is 6.07 Å². The fraction of sp³-hybridized carbons (Fsp3) is 0.0769. The van der Waals surface area contributed by atoms with E-state index in [0.717, 1.165) is 0 Å². The lowest BCUT2D eigenvalue weighted by atomic mass is 10.2. The van der Waals surface area contributed by atoms with E-state index < -0.39 is 17.9 Å². The Morgan fingerprint density at radius 3 is 2.65 bits per heavy atom. The van der Waals surface area contributed by atoms with Crippen LogP contribution >= 0.6 is 0 Å². The molecule has 0 radical (unpaired) electrons. The largest absolute Gasteiger partial charge is 0.481 e. The van der Waals surface area contributed by atoms with Gasteiger partial charge in [-0.1, -0.05) is 30.3 Å². The van der Waals surface area contributed by atoms with E-state index >= 15 is 0 Å². The van der Waals surface area contributed by atoms with E-state index in [2.05, 4.69) is 15.3 Å². The molecule has 0 fully saturated rings. The summed E-state index contributed by atoms with van der Waals surface area (Å²) in [5.74, 6) is -0.889. The van der Waals surface area contributed by atoms with Gasteiger partial charge in [0.2, 0.25) is 6.41 Å². The molecular formula is C13H11N3O4. The molecule has 1 heterocycles. The van der Waals surface area contributed by atoms with E-state index in [-0.39, 0.29) is 17.2 Å². The average Bonchev–Trinajstić information content (AvgIpc) is 2.43. The Hall–Kier alpha value is -2.96. The number of hydrogen-bond donors (Lipinski definition) is 3. The molecule has 3 N–H and O–H groups in total. The summed E-state index contributed by atoms with van der Waals surface area (Å²) in [4.78, 5) is 39.8. The molecule has 1 amide bonds. The number of carboxylic acid groups (broad SMARTS) is 1. The maximum Gasteiger partial charge on any atom is 0.309 e. The lowest BCUT2D eigenvalue weighted by Crippen LogP contribution is -2.20. The minimum Gasteiger partial charge on any atom is -0.481 e. The molecule has 1 aromatic heterocycles. The van der Waals surface area contributed by atoms with Crippen LogP contribution in [0.25, 0.3) is 11.4 Å². The van der Waals surface area contributed by atoms with Crippen molar-refractivity contribution in [1.82, 2.24) is 9.97 Å². The lowest BCUT2D eigenvalue weighted by Gasteiger charge is -2.07. The molecule has 7 nitrogen and oxygen atoms in total. The van der Waals surface area contributed by atoms with Gasteiger partial charge < -0.3 is 15.4 Å². The average molecular weight is 273 g/mol. The Bertz CT molecular complexity index is 695. The lowest BCUT2D eigenvalue weighted by molar-refractivity contribution is -0.136. The highest BCUT2D eigenvalue weighted by Gasteiger charge is 2.14. The number of carboxylic acids is 1. The summed E-state index contributed by atoms with van der Waals surface area (Å²) < 4.78 is 0. The first kappa shape index (κ1) is 13.5. The van der Waals surface area contributed by atoms with E-state index in [1.165, 1.54) is 0 Å². The molecule has 0 saturated carbocycles. The fourth-order valence-corrected chi connectivity index (χ4v) is 1.73. The van der Waals surface area contributed by atoms with Crippen LogP contribution in [0.5, 0.6) is 0 Å². The summed E-state index contributed by atoms with van der Waals surface area (Å²) in [7, 11) is 0. The molecule has 2 rings (SSSR count). The predicted molar refractivity (Wildman–Crippen MR) is 71.3 cm³/mol. The number of carbonyl (C=O) groups is 2. The number of carbonyl (C=O) groups excluding carboxylic acids is 1. The van der Waals surface area contributed by atoms with E-state index in [9.17, 15) is 14.4 Å². The highest BCUT2D eigenvalue weighted by molar-refractivity contribution is 5.77. The van der Waals surface area contributed by atoms with Gasteiger partial charge in [0.05, 0.1) is 12.1 Å². The quantitative estimate of drug-likeness (QED) is 0.692. The van der Waals surface area contributed by atoms with Gasteiger partial charge in [-0.3, -0.25) is 14.4 Å². The van der Waals surface area contributed by atoms with Gasteiger partial charge in [-0.2, -0.15) is 0 Å². The van der Waals surface area contributed by atoms with Crippen LogP contribution in [0.1, 0.15) is 5.69 Å². The number of anilines is 1. The van der Waals surface area contributed by atoms with Gasteiger partial charge in [0.1, 0.15) is 11.5 Å². The molecule has 20 heavy (non-hydrogen) atoms. The molecule has 2 aromatic rings. The number of H-pyrrole nitrogens is 1. The molecule has 1 aromatic carbocycles. The first-order valence-electron chi connectivity index (χ1n) is 5.72. The molecule has 0 saturated heterocycles. The molecule has 0 aliphatic heterocycles. The number of aromatic nitrogens is 2. The normalized spacial score (nSPS) is 10.0. The maximum absolute atomic E-state index is 11.9. The third kappa shape index (κ3) is 2.89. The summed E-state index contributed by atoms with van der Waals surface area (Å²) in [6.07, 6.45) is -0.153. The fourth-order valence-electron chi connectivity index (χ4n) is 1.73. The van der Waals surface area contributed by atoms with Crippen molar-refractivity contribution in [2.75, 3.05) is 5.32 Å². The standard InChI is InChI=1S/C13H11N3O4/c17-7-14-11-9(6-10(18)19)15-12(16-13(11)20)8-4-2-1-3-5-8/h1-5,7H,6H2,(H,14,17)(H,18,19)(H,15,16,20). The Labute approximate surface area is 113 Å². The van der Waals surface area contributed by atoms with E-state index in [4.69, 9.17) is 5.11 Å². The molecule has 0 unspecified atom stereocenters. The molecule has 102 valence electrons. The molecule has 0 bridgehead atoms. The summed E-state index contributed by atoms with van der Waals surface area (Å²) in [6, 6.07) is 8.81. The van der Waals surface area contributed by atoms with Crippen LogP contribution in [0.15, 0.2) is 35.1 Å². The molecule has 0 aliphatic rings. The zero-order valence-corrected chi connectivity index (χ0v) is 10.3. The van der Waals surface area contributed by atoms with Crippen LogP contribution in [0, 0.1) is 0 Å². The van der Waals surface area contributed by atoms with Crippen LogP contribution in [-0.4, -0.2) is 27.5 Å². The number of nitrogens with zero attached hydrogens (tertiary/aromatic N) is 1. The van der Waals surface area contributed by atoms with Crippen molar-refractivity contribution in [3.63, 3.8) is 0 Å². The highest BCUT2D eigenvalue weighted by atomic mass is 16.4. The molecule has 0 spiro atoms. The number of rotatable bonds is 5. The van der Waals surface area contributed by atoms with E-state index in [1.54, 1.807) is 24.3 Å².